The summed E-state index contributed by atoms with van der Waals surface area (Å²) in [4.78, 5) is 17.6. The first-order valence-electron chi connectivity index (χ1n) is 10.2. The number of methoxy groups -OCH3 is 1. The van der Waals surface area contributed by atoms with Crippen LogP contribution in [-0.4, -0.2) is 49.6 Å². The second-order valence-electron chi connectivity index (χ2n) is 7.85. The van der Waals surface area contributed by atoms with Crippen LogP contribution in [0, 0.1) is 0 Å². The normalized spacial score (nSPS) is 22.4. The van der Waals surface area contributed by atoms with Crippen molar-refractivity contribution in [2.24, 2.45) is 0 Å². The van der Waals surface area contributed by atoms with Gasteiger partial charge < -0.3 is 15.0 Å². The standard InChI is InChI=1S/C23H29N3O2/c1-17-5-4-13-26(17)21-12-14-25(16-21)20-10-8-19(9-11-20)24-23(27)18-6-3-7-22(15-18)28-2/h3,6-11,15,17,21H,4-5,12-14,16H2,1-2H3,(H,24,27). The summed E-state index contributed by atoms with van der Waals surface area (Å²) >= 11 is 0. The summed E-state index contributed by atoms with van der Waals surface area (Å²) < 4.78 is 5.19. The molecule has 2 aromatic rings. The molecular weight excluding hydrogens is 350 g/mol. The molecule has 2 aliphatic heterocycles. The highest BCUT2D eigenvalue weighted by Crippen LogP contribution is 2.28. The minimum absolute atomic E-state index is 0.129. The van der Waals surface area contributed by atoms with Gasteiger partial charge in [0.15, 0.2) is 0 Å². The van der Waals surface area contributed by atoms with Crippen LogP contribution in [0.3, 0.4) is 0 Å². The summed E-state index contributed by atoms with van der Waals surface area (Å²) in [7, 11) is 1.60. The lowest BCUT2D eigenvalue weighted by Gasteiger charge is -2.28. The van der Waals surface area contributed by atoms with Crippen LogP contribution in [0.25, 0.3) is 0 Å². The molecule has 5 heteroatoms. The Morgan fingerprint density at radius 1 is 1.11 bits per heavy atom. The van der Waals surface area contributed by atoms with Crippen molar-refractivity contribution >= 4 is 17.3 Å². The van der Waals surface area contributed by atoms with Gasteiger partial charge in [0.05, 0.1) is 7.11 Å². The summed E-state index contributed by atoms with van der Waals surface area (Å²) in [5.41, 5.74) is 2.62. The number of hydrogen-bond donors (Lipinski definition) is 1. The Labute approximate surface area is 167 Å². The molecule has 5 nitrogen and oxygen atoms in total. The minimum Gasteiger partial charge on any atom is -0.497 e. The smallest absolute Gasteiger partial charge is 0.255 e. The van der Waals surface area contributed by atoms with E-state index in [-0.39, 0.29) is 5.91 Å². The van der Waals surface area contributed by atoms with Gasteiger partial charge in [0.25, 0.3) is 5.91 Å². The molecule has 2 fully saturated rings. The zero-order chi connectivity index (χ0) is 19.5. The Balaban J connectivity index is 1.37. The van der Waals surface area contributed by atoms with Gasteiger partial charge in [-0.25, -0.2) is 0 Å². The van der Waals surface area contributed by atoms with E-state index in [2.05, 4.69) is 34.2 Å². The number of nitrogens with zero attached hydrogens (tertiary/aromatic N) is 2. The molecule has 0 bridgehead atoms. The molecule has 1 N–H and O–H groups in total. The minimum atomic E-state index is -0.129. The lowest BCUT2D eigenvalue weighted by Crippen LogP contribution is -2.39. The Bertz CT molecular complexity index is 821. The molecule has 148 valence electrons. The zero-order valence-electron chi connectivity index (χ0n) is 16.7. The average Bonchev–Trinajstić information content (AvgIpc) is 3.37. The molecule has 2 atom stereocenters. The van der Waals surface area contributed by atoms with Crippen LogP contribution >= 0.6 is 0 Å². The largest absolute Gasteiger partial charge is 0.497 e. The van der Waals surface area contributed by atoms with Gasteiger partial charge in [0.1, 0.15) is 5.75 Å². The van der Waals surface area contributed by atoms with Gasteiger partial charge in [0.2, 0.25) is 0 Å². The molecule has 1 amide bonds. The van der Waals surface area contributed by atoms with Crippen LogP contribution in [0.15, 0.2) is 48.5 Å². The number of likely N-dealkylation sites (tertiary alicyclic amines) is 1. The van der Waals surface area contributed by atoms with Crippen molar-refractivity contribution in [3.8, 4) is 5.75 Å². The number of carbonyl (C=O) groups excluding carboxylic acids is 1. The second kappa shape index (κ2) is 8.23. The van der Waals surface area contributed by atoms with Gasteiger partial charge in [-0.1, -0.05) is 6.07 Å². The summed E-state index contributed by atoms with van der Waals surface area (Å²) in [6.07, 6.45) is 3.90. The Kier molecular flexibility index (Phi) is 5.53. The maximum Gasteiger partial charge on any atom is 0.255 e. The van der Waals surface area contributed by atoms with Crippen LogP contribution in [0.5, 0.6) is 5.75 Å². The van der Waals surface area contributed by atoms with E-state index in [9.17, 15) is 4.79 Å². The first-order valence-corrected chi connectivity index (χ1v) is 10.2. The van der Waals surface area contributed by atoms with Crippen molar-refractivity contribution < 1.29 is 9.53 Å². The fourth-order valence-corrected chi connectivity index (χ4v) is 4.47. The fourth-order valence-electron chi connectivity index (χ4n) is 4.47. The molecule has 0 aliphatic carbocycles. The Hall–Kier alpha value is -2.53. The Morgan fingerprint density at radius 3 is 2.64 bits per heavy atom. The Morgan fingerprint density at radius 2 is 1.93 bits per heavy atom. The highest BCUT2D eigenvalue weighted by atomic mass is 16.5. The maximum atomic E-state index is 12.5. The number of nitrogens with one attached hydrogen (secondary N) is 1. The van der Waals surface area contributed by atoms with E-state index in [1.54, 1.807) is 19.2 Å². The van der Waals surface area contributed by atoms with Gasteiger partial charge >= 0.3 is 0 Å². The van der Waals surface area contributed by atoms with Crippen LogP contribution in [0.1, 0.15) is 36.5 Å². The molecule has 28 heavy (non-hydrogen) atoms. The van der Waals surface area contributed by atoms with E-state index in [4.69, 9.17) is 4.74 Å². The molecule has 2 unspecified atom stereocenters. The van der Waals surface area contributed by atoms with Crippen molar-refractivity contribution in [3.63, 3.8) is 0 Å². The zero-order valence-corrected chi connectivity index (χ0v) is 16.7. The third-order valence-corrected chi connectivity index (χ3v) is 6.06. The molecule has 2 aliphatic rings. The van der Waals surface area contributed by atoms with Gasteiger partial charge in [-0.2, -0.15) is 0 Å². The highest BCUT2D eigenvalue weighted by molar-refractivity contribution is 6.04. The fraction of sp³-hybridized carbons (Fsp3) is 0.435. The third kappa shape index (κ3) is 3.99. The lowest BCUT2D eigenvalue weighted by molar-refractivity contribution is 0.102. The van der Waals surface area contributed by atoms with Crippen LogP contribution in [0.2, 0.25) is 0 Å². The van der Waals surface area contributed by atoms with E-state index in [0.29, 0.717) is 17.4 Å². The van der Waals surface area contributed by atoms with Gasteiger partial charge in [-0.15, -0.1) is 0 Å². The number of hydrogen-bond acceptors (Lipinski definition) is 4. The van der Waals surface area contributed by atoms with Crippen molar-refractivity contribution in [3.05, 3.63) is 54.1 Å². The number of amides is 1. The van der Waals surface area contributed by atoms with Gasteiger partial charge in [-0.05, 0) is 75.2 Å². The first kappa shape index (κ1) is 18.8. The first-order chi connectivity index (χ1) is 13.6. The molecule has 0 spiro atoms. The summed E-state index contributed by atoms with van der Waals surface area (Å²) in [5, 5.41) is 2.97. The lowest BCUT2D eigenvalue weighted by atomic mass is 10.2. The molecule has 2 saturated heterocycles. The highest BCUT2D eigenvalue weighted by Gasteiger charge is 2.32. The van der Waals surface area contributed by atoms with E-state index < -0.39 is 0 Å². The number of benzene rings is 2. The SMILES string of the molecule is COc1cccc(C(=O)Nc2ccc(N3CCC(N4CCCC4C)C3)cc2)c1. The number of carbonyl (C=O) groups is 1. The predicted octanol–water partition coefficient (Wildman–Crippen LogP) is 4.01. The average molecular weight is 380 g/mol. The van der Waals surface area contributed by atoms with Crippen molar-refractivity contribution in [1.82, 2.24) is 4.90 Å². The quantitative estimate of drug-likeness (QED) is 0.853. The van der Waals surface area contributed by atoms with Crippen molar-refractivity contribution in [2.75, 3.05) is 37.0 Å². The molecule has 0 aromatic heterocycles. The molecule has 2 aromatic carbocycles. The molecule has 2 heterocycles. The second-order valence-corrected chi connectivity index (χ2v) is 7.85. The van der Waals surface area contributed by atoms with Crippen LogP contribution in [-0.2, 0) is 0 Å². The van der Waals surface area contributed by atoms with Gasteiger partial charge in [0, 0.05) is 42.1 Å². The summed E-state index contributed by atoms with van der Waals surface area (Å²) in [6.45, 7) is 5.80. The molecular formula is C23H29N3O2. The summed E-state index contributed by atoms with van der Waals surface area (Å²) in [5.74, 6) is 0.551. The molecule has 0 saturated carbocycles. The maximum absolute atomic E-state index is 12.5. The van der Waals surface area contributed by atoms with E-state index in [0.717, 1.165) is 24.8 Å². The monoisotopic (exact) mass is 379 g/mol. The molecule has 4 rings (SSSR count). The van der Waals surface area contributed by atoms with Crippen molar-refractivity contribution in [1.29, 1.82) is 0 Å². The van der Waals surface area contributed by atoms with Crippen LogP contribution < -0.4 is 15.0 Å². The topological polar surface area (TPSA) is 44.8 Å². The van der Waals surface area contributed by atoms with Gasteiger partial charge in [-0.3, -0.25) is 9.69 Å². The van der Waals surface area contributed by atoms with E-state index in [1.807, 2.05) is 24.3 Å². The predicted molar refractivity (Wildman–Crippen MR) is 113 cm³/mol. The number of anilines is 2. The number of rotatable bonds is 5. The third-order valence-electron chi connectivity index (χ3n) is 6.06. The summed E-state index contributed by atoms with van der Waals surface area (Å²) in [6, 6.07) is 16.8. The van der Waals surface area contributed by atoms with Crippen molar-refractivity contribution in [2.45, 2.75) is 38.3 Å². The van der Waals surface area contributed by atoms with E-state index >= 15 is 0 Å². The van der Waals surface area contributed by atoms with Crippen LogP contribution in [0.4, 0.5) is 11.4 Å². The molecule has 0 radical (unpaired) electrons. The van der Waals surface area contributed by atoms with E-state index in [1.165, 1.54) is 31.5 Å². The number of ether oxygens (including phenoxy) is 1.